The number of hydrogen-bond acceptors (Lipinski definition) is 5. The van der Waals surface area contributed by atoms with Crippen molar-refractivity contribution in [3.8, 4) is 0 Å². The highest BCUT2D eigenvalue weighted by Gasteiger charge is 2.23. The Hall–Kier alpha value is -2.45. The van der Waals surface area contributed by atoms with Crippen LogP contribution < -0.4 is 10.6 Å². The van der Waals surface area contributed by atoms with Gasteiger partial charge in [0.2, 0.25) is 10.0 Å². The van der Waals surface area contributed by atoms with E-state index in [4.69, 9.17) is 0 Å². The van der Waals surface area contributed by atoms with Gasteiger partial charge in [-0.3, -0.25) is 9.78 Å². The van der Waals surface area contributed by atoms with Gasteiger partial charge in [-0.05, 0) is 37.3 Å². The van der Waals surface area contributed by atoms with Gasteiger partial charge in [-0.15, -0.1) is 0 Å². The summed E-state index contributed by atoms with van der Waals surface area (Å²) >= 11 is 0. The van der Waals surface area contributed by atoms with Gasteiger partial charge in [-0.1, -0.05) is 19.9 Å². The molecule has 8 heteroatoms. The lowest BCUT2D eigenvalue weighted by molar-refractivity contribution is 0.102. The lowest BCUT2D eigenvalue weighted by atomic mass is 10.2. The fraction of sp³-hybridized carbons (Fsp3) is 0.333. The van der Waals surface area contributed by atoms with Crippen LogP contribution in [0.25, 0.3) is 0 Å². The van der Waals surface area contributed by atoms with Crippen LogP contribution in [0.3, 0.4) is 0 Å². The van der Waals surface area contributed by atoms with Crippen molar-refractivity contribution in [3.63, 3.8) is 0 Å². The summed E-state index contributed by atoms with van der Waals surface area (Å²) in [6.07, 6.45) is 1.53. The molecule has 0 saturated carbocycles. The Morgan fingerprint density at radius 3 is 2.38 bits per heavy atom. The Labute approximate surface area is 154 Å². The Balaban J connectivity index is 2.41. The van der Waals surface area contributed by atoms with Gasteiger partial charge in [0.15, 0.2) is 0 Å². The van der Waals surface area contributed by atoms with Crippen molar-refractivity contribution in [2.75, 3.05) is 30.3 Å². The molecule has 0 aliphatic carbocycles. The summed E-state index contributed by atoms with van der Waals surface area (Å²) in [4.78, 5) is 16.6. The maximum absolute atomic E-state index is 12.8. The number of carbonyl (C=O) groups excluding carboxylic acids is 1. The summed E-state index contributed by atoms with van der Waals surface area (Å²) in [5, 5.41) is 5.88. The second-order valence-corrected chi connectivity index (χ2v) is 7.43. The number of hydrogen-bond donors (Lipinski definition) is 2. The molecule has 26 heavy (non-hydrogen) atoms. The second-order valence-electron chi connectivity index (χ2n) is 5.50. The molecular weight excluding hydrogens is 352 g/mol. The number of carbonyl (C=O) groups is 1. The van der Waals surface area contributed by atoms with E-state index in [2.05, 4.69) is 15.6 Å². The number of pyridine rings is 1. The Kier molecular flexibility index (Phi) is 6.70. The molecular formula is C18H24N4O3S. The first-order valence-electron chi connectivity index (χ1n) is 8.54. The quantitative estimate of drug-likeness (QED) is 0.739. The van der Waals surface area contributed by atoms with Gasteiger partial charge < -0.3 is 10.6 Å². The molecule has 0 saturated heterocycles. The molecule has 0 bridgehead atoms. The van der Waals surface area contributed by atoms with Crippen molar-refractivity contribution in [1.29, 1.82) is 0 Å². The van der Waals surface area contributed by atoms with Crippen molar-refractivity contribution in [3.05, 3.63) is 48.3 Å². The van der Waals surface area contributed by atoms with Crippen LogP contribution in [-0.4, -0.2) is 43.2 Å². The molecule has 1 heterocycles. The Morgan fingerprint density at radius 2 is 1.81 bits per heavy atom. The van der Waals surface area contributed by atoms with E-state index < -0.39 is 15.9 Å². The molecule has 7 nitrogen and oxygen atoms in total. The van der Waals surface area contributed by atoms with Crippen LogP contribution in [-0.2, 0) is 10.0 Å². The monoisotopic (exact) mass is 376 g/mol. The zero-order valence-corrected chi connectivity index (χ0v) is 16.0. The van der Waals surface area contributed by atoms with Crippen LogP contribution in [0.2, 0.25) is 0 Å². The van der Waals surface area contributed by atoms with E-state index in [1.54, 1.807) is 44.2 Å². The van der Waals surface area contributed by atoms with E-state index in [-0.39, 0.29) is 10.6 Å². The summed E-state index contributed by atoms with van der Waals surface area (Å²) in [5.41, 5.74) is 1.30. The predicted octanol–water partition coefficient (Wildman–Crippen LogP) is 2.80. The normalized spacial score (nSPS) is 11.4. The minimum absolute atomic E-state index is 0.138. The summed E-state index contributed by atoms with van der Waals surface area (Å²) in [6.45, 7) is 6.89. The highest BCUT2D eigenvalue weighted by Crippen LogP contribution is 2.27. The molecule has 1 aromatic carbocycles. The second kappa shape index (κ2) is 8.77. The first kappa shape index (κ1) is 19.9. The van der Waals surface area contributed by atoms with Crippen molar-refractivity contribution < 1.29 is 13.2 Å². The highest BCUT2D eigenvalue weighted by molar-refractivity contribution is 7.89. The molecule has 0 unspecified atom stereocenters. The maximum atomic E-state index is 12.8. The first-order chi connectivity index (χ1) is 12.4. The van der Waals surface area contributed by atoms with Gasteiger partial charge >= 0.3 is 0 Å². The number of anilines is 2. The number of sulfonamides is 1. The first-order valence-corrected chi connectivity index (χ1v) is 9.98. The molecule has 0 fully saturated rings. The van der Waals surface area contributed by atoms with E-state index in [0.29, 0.717) is 31.0 Å². The predicted molar refractivity (Wildman–Crippen MR) is 103 cm³/mol. The van der Waals surface area contributed by atoms with Crippen molar-refractivity contribution in [1.82, 2.24) is 9.29 Å². The van der Waals surface area contributed by atoms with Crippen LogP contribution in [0.1, 0.15) is 31.3 Å². The number of nitrogens with one attached hydrogen (secondary N) is 2. The Bertz CT molecular complexity index is 850. The van der Waals surface area contributed by atoms with Gasteiger partial charge in [-0.25, -0.2) is 8.42 Å². The van der Waals surface area contributed by atoms with E-state index in [1.807, 2.05) is 6.92 Å². The number of benzene rings is 1. The van der Waals surface area contributed by atoms with Crippen molar-refractivity contribution in [2.24, 2.45) is 0 Å². The van der Waals surface area contributed by atoms with Crippen LogP contribution >= 0.6 is 0 Å². The standard InChI is InChI=1S/C18H24N4O3S/c1-4-19-15-11-10-14(26(24,25)22(5-2)6-3)13-17(15)21-18(23)16-9-7-8-12-20-16/h7-13,19H,4-6H2,1-3H3,(H,21,23). The third-order valence-electron chi connectivity index (χ3n) is 3.85. The smallest absolute Gasteiger partial charge is 0.274 e. The third-order valence-corrected chi connectivity index (χ3v) is 5.89. The fourth-order valence-corrected chi connectivity index (χ4v) is 4.01. The van der Waals surface area contributed by atoms with Gasteiger partial charge in [0.25, 0.3) is 5.91 Å². The topological polar surface area (TPSA) is 91.4 Å². The van der Waals surface area contributed by atoms with E-state index in [0.717, 1.165) is 0 Å². The molecule has 0 atom stereocenters. The number of aromatic nitrogens is 1. The lowest BCUT2D eigenvalue weighted by Gasteiger charge is -2.20. The molecule has 0 spiro atoms. The maximum Gasteiger partial charge on any atom is 0.274 e. The third kappa shape index (κ3) is 4.39. The van der Waals surface area contributed by atoms with Gasteiger partial charge in [-0.2, -0.15) is 4.31 Å². The summed E-state index contributed by atoms with van der Waals surface area (Å²) in [7, 11) is -3.62. The van der Waals surface area contributed by atoms with E-state index >= 15 is 0 Å². The molecule has 2 aromatic rings. The van der Waals surface area contributed by atoms with Crippen LogP contribution in [0.4, 0.5) is 11.4 Å². The van der Waals surface area contributed by atoms with Crippen LogP contribution in [0, 0.1) is 0 Å². The fourth-order valence-electron chi connectivity index (χ4n) is 2.53. The average Bonchev–Trinajstić information content (AvgIpc) is 2.64. The van der Waals surface area contributed by atoms with Crippen LogP contribution in [0.15, 0.2) is 47.5 Å². The number of nitrogens with zero attached hydrogens (tertiary/aromatic N) is 2. The van der Waals surface area contributed by atoms with Gasteiger partial charge in [0.05, 0.1) is 16.3 Å². The van der Waals surface area contributed by atoms with E-state index in [9.17, 15) is 13.2 Å². The van der Waals surface area contributed by atoms with Gasteiger partial charge in [0.1, 0.15) is 5.69 Å². The number of rotatable bonds is 8. The highest BCUT2D eigenvalue weighted by atomic mass is 32.2. The Morgan fingerprint density at radius 1 is 1.08 bits per heavy atom. The minimum Gasteiger partial charge on any atom is -0.384 e. The molecule has 0 aliphatic heterocycles. The lowest BCUT2D eigenvalue weighted by Crippen LogP contribution is -2.30. The summed E-state index contributed by atoms with van der Waals surface area (Å²) in [5.74, 6) is -0.401. The zero-order valence-electron chi connectivity index (χ0n) is 15.2. The summed E-state index contributed by atoms with van der Waals surface area (Å²) in [6, 6.07) is 9.72. The molecule has 1 aromatic heterocycles. The SMILES string of the molecule is CCNc1ccc(S(=O)(=O)N(CC)CC)cc1NC(=O)c1ccccn1. The zero-order chi connectivity index (χ0) is 19.2. The molecule has 1 amide bonds. The minimum atomic E-state index is -3.62. The average molecular weight is 376 g/mol. The van der Waals surface area contributed by atoms with Crippen molar-refractivity contribution in [2.45, 2.75) is 25.7 Å². The largest absolute Gasteiger partial charge is 0.384 e. The summed E-state index contributed by atoms with van der Waals surface area (Å²) < 4.78 is 26.9. The number of amides is 1. The van der Waals surface area contributed by atoms with Gasteiger partial charge in [0, 0.05) is 25.8 Å². The van der Waals surface area contributed by atoms with Crippen molar-refractivity contribution >= 4 is 27.3 Å². The molecule has 2 N–H and O–H groups in total. The van der Waals surface area contributed by atoms with E-state index in [1.165, 1.54) is 16.6 Å². The molecule has 140 valence electrons. The van der Waals surface area contributed by atoms with Crippen LogP contribution in [0.5, 0.6) is 0 Å². The molecule has 2 rings (SSSR count). The molecule has 0 radical (unpaired) electrons. The molecule has 0 aliphatic rings.